The summed E-state index contributed by atoms with van der Waals surface area (Å²) in [5, 5.41) is 8.84. The molecule has 1 aromatic carbocycles. The lowest BCUT2D eigenvalue weighted by Gasteiger charge is -2.14. The number of rotatable bonds is 2. The second kappa shape index (κ2) is 5.63. The van der Waals surface area contributed by atoms with Gasteiger partial charge in [0.15, 0.2) is 0 Å². The van der Waals surface area contributed by atoms with Gasteiger partial charge in [0.25, 0.3) is 0 Å². The molecular formula is C16H13N3O2. The minimum Gasteiger partial charge on any atom is -0.445 e. The molecule has 21 heavy (non-hydrogen) atoms. The molecule has 0 N–H and O–H groups in total. The molecule has 0 saturated heterocycles. The number of amides is 1. The SMILES string of the molecule is N#Cc1ccc2c(n1)CN(C(=O)OCc1ccccc1)C2. The van der Waals surface area contributed by atoms with E-state index in [0.717, 1.165) is 16.8 Å². The third-order valence-corrected chi connectivity index (χ3v) is 3.35. The van der Waals surface area contributed by atoms with Crippen LogP contribution in [0.1, 0.15) is 22.5 Å². The van der Waals surface area contributed by atoms with E-state index in [4.69, 9.17) is 10.00 Å². The number of nitrogens with zero attached hydrogens (tertiary/aromatic N) is 3. The summed E-state index contributed by atoms with van der Waals surface area (Å²) in [6.07, 6.45) is -0.365. The predicted octanol–water partition coefficient (Wildman–Crippen LogP) is 2.61. The molecule has 5 heteroatoms. The average molecular weight is 279 g/mol. The number of carbonyl (C=O) groups excluding carboxylic acids is 1. The molecule has 0 bridgehead atoms. The van der Waals surface area contributed by atoms with E-state index in [0.29, 0.717) is 18.8 Å². The van der Waals surface area contributed by atoms with Gasteiger partial charge in [-0.25, -0.2) is 9.78 Å². The van der Waals surface area contributed by atoms with Gasteiger partial charge in [0, 0.05) is 0 Å². The van der Waals surface area contributed by atoms with Gasteiger partial charge in [-0.1, -0.05) is 36.4 Å². The molecule has 5 nitrogen and oxygen atoms in total. The Hall–Kier alpha value is -2.87. The van der Waals surface area contributed by atoms with E-state index in [-0.39, 0.29) is 12.7 Å². The smallest absolute Gasteiger partial charge is 0.410 e. The van der Waals surface area contributed by atoms with Crippen molar-refractivity contribution in [3.63, 3.8) is 0 Å². The molecule has 3 rings (SSSR count). The maximum atomic E-state index is 12.1. The van der Waals surface area contributed by atoms with Crippen molar-refractivity contribution in [2.45, 2.75) is 19.7 Å². The minimum absolute atomic E-state index is 0.253. The lowest BCUT2D eigenvalue weighted by atomic mass is 10.2. The molecule has 0 spiro atoms. The molecule has 1 amide bonds. The van der Waals surface area contributed by atoms with Crippen LogP contribution in [0.2, 0.25) is 0 Å². The lowest BCUT2D eigenvalue weighted by molar-refractivity contribution is 0.0953. The molecule has 0 radical (unpaired) electrons. The summed E-state index contributed by atoms with van der Waals surface area (Å²) in [5.74, 6) is 0. The van der Waals surface area contributed by atoms with Crippen LogP contribution in [0.15, 0.2) is 42.5 Å². The molecule has 1 aliphatic heterocycles. The zero-order valence-corrected chi connectivity index (χ0v) is 11.3. The quantitative estimate of drug-likeness (QED) is 0.847. The van der Waals surface area contributed by atoms with Crippen LogP contribution >= 0.6 is 0 Å². The zero-order chi connectivity index (χ0) is 14.7. The second-order valence-corrected chi connectivity index (χ2v) is 4.81. The zero-order valence-electron chi connectivity index (χ0n) is 11.3. The molecule has 0 fully saturated rings. The molecule has 0 unspecified atom stereocenters. The molecule has 1 aromatic heterocycles. The first-order valence-electron chi connectivity index (χ1n) is 6.61. The van der Waals surface area contributed by atoms with Crippen molar-refractivity contribution in [1.29, 1.82) is 5.26 Å². The van der Waals surface area contributed by atoms with Gasteiger partial charge in [-0.05, 0) is 17.2 Å². The van der Waals surface area contributed by atoms with Crippen molar-refractivity contribution in [2.24, 2.45) is 0 Å². The monoisotopic (exact) mass is 279 g/mol. The molecule has 0 atom stereocenters. The van der Waals surface area contributed by atoms with Crippen LogP contribution in [0, 0.1) is 11.3 Å². The average Bonchev–Trinajstić information content (AvgIpc) is 2.96. The first kappa shape index (κ1) is 13.1. The molecule has 104 valence electrons. The summed E-state index contributed by atoms with van der Waals surface area (Å²) in [4.78, 5) is 17.8. The number of pyridine rings is 1. The molecule has 1 aliphatic rings. The van der Waals surface area contributed by atoms with Crippen molar-refractivity contribution < 1.29 is 9.53 Å². The van der Waals surface area contributed by atoms with Gasteiger partial charge in [-0.3, -0.25) is 4.90 Å². The third kappa shape index (κ3) is 2.84. The standard InChI is InChI=1S/C16H13N3O2/c17-8-14-7-6-13-9-19(10-15(13)18-14)16(20)21-11-12-4-2-1-3-5-12/h1-7H,9-11H2. The van der Waals surface area contributed by atoms with E-state index in [9.17, 15) is 4.79 Å². The van der Waals surface area contributed by atoms with Crippen molar-refractivity contribution >= 4 is 6.09 Å². The number of nitriles is 1. The molecular weight excluding hydrogens is 266 g/mol. The van der Waals surface area contributed by atoms with Crippen molar-refractivity contribution in [2.75, 3.05) is 0 Å². The number of benzene rings is 1. The Morgan fingerprint density at radius 2 is 2.05 bits per heavy atom. The summed E-state index contributed by atoms with van der Waals surface area (Å²) in [6, 6.07) is 15.1. The van der Waals surface area contributed by atoms with E-state index in [2.05, 4.69) is 4.98 Å². The van der Waals surface area contributed by atoms with Gasteiger partial charge in [0.1, 0.15) is 18.4 Å². The van der Waals surface area contributed by atoms with Crippen LogP contribution in [0.3, 0.4) is 0 Å². The van der Waals surface area contributed by atoms with Crippen molar-refractivity contribution in [3.8, 4) is 6.07 Å². The van der Waals surface area contributed by atoms with Crippen LogP contribution in [0.25, 0.3) is 0 Å². The van der Waals surface area contributed by atoms with Crippen LogP contribution in [0.4, 0.5) is 4.79 Å². The van der Waals surface area contributed by atoms with E-state index < -0.39 is 0 Å². The second-order valence-electron chi connectivity index (χ2n) is 4.81. The number of hydrogen-bond acceptors (Lipinski definition) is 4. The van der Waals surface area contributed by atoms with Crippen LogP contribution in [-0.2, 0) is 24.4 Å². The largest absolute Gasteiger partial charge is 0.445 e. The normalized spacial score (nSPS) is 12.6. The van der Waals surface area contributed by atoms with E-state index in [1.54, 1.807) is 11.0 Å². The Labute approximate surface area is 122 Å². The van der Waals surface area contributed by atoms with Gasteiger partial charge in [0.05, 0.1) is 18.8 Å². The van der Waals surface area contributed by atoms with E-state index >= 15 is 0 Å². The van der Waals surface area contributed by atoms with Crippen LogP contribution in [0.5, 0.6) is 0 Å². The highest BCUT2D eigenvalue weighted by Crippen LogP contribution is 2.22. The Kier molecular flexibility index (Phi) is 3.52. The molecule has 0 aliphatic carbocycles. The minimum atomic E-state index is -0.365. The maximum Gasteiger partial charge on any atom is 0.410 e. The van der Waals surface area contributed by atoms with Crippen molar-refractivity contribution in [1.82, 2.24) is 9.88 Å². The van der Waals surface area contributed by atoms with Crippen LogP contribution < -0.4 is 0 Å². The van der Waals surface area contributed by atoms with Gasteiger partial charge >= 0.3 is 6.09 Å². The fourth-order valence-corrected chi connectivity index (χ4v) is 2.26. The highest BCUT2D eigenvalue weighted by Gasteiger charge is 2.25. The highest BCUT2D eigenvalue weighted by molar-refractivity contribution is 5.68. The number of hydrogen-bond donors (Lipinski definition) is 0. The number of fused-ring (bicyclic) bond motifs is 1. The Morgan fingerprint density at radius 3 is 2.81 bits per heavy atom. The topological polar surface area (TPSA) is 66.2 Å². The fraction of sp³-hybridized carbons (Fsp3) is 0.188. The molecule has 0 saturated carbocycles. The molecule has 2 heterocycles. The van der Waals surface area contributed by atoms with Gasteiger partial charge in [-0.15, -0.1) is 0 Å². The maximum absolute atomic E-state index is 12.1. The Morgan fingerprint density at radius 1 is 1.24 bits per heavy atom. The van der Waals surface area contributed by atoms with E-state index in [1.807, 2.05) is 42.5 Å². The van der Waals surface area contributed by atoms with Gasteiger partial charge < -0.3 is 4.74 Å². The third-order valence-electron chi connectivity index (χ3n) is 3.35. The predicted molar refractivity (Wildman–Crippen MR) is 74.8 cm³/mol. The molecule has 2 aromatic rings. The summed E-state index contributed by atoms with van der Waals surface area (Å²) in [6.45, 7) is 1.11. The number of ether oxygens (including phenoxy) is 1. The Balaban J connectivity index is 1.62. The van der Waals surface area contributed by atoms with E-state index in [1.165, 1.54) is 0 Å². The Bertz CT molecular complexity index is 707. The van der Waals surface area contributed by atoms with Gasteiger partial charge in [-0.2, -0.15) is 5.26 Å². The van der Waals surface area contributed by atoms with Gasteiger partial charge in [0.2, 0.25) is 0 Å². The van der Waals surface area contributed by atoms with Crippen molar-refractivity contribution in [3.05, 3.63) is 65.0 Å². The first-order valence-corrected chi connectivity index (χ1v) is 6.61. The number of aromatic nitrogens is 1. The highest BCUT2D eigenvalue weighted by atomic mass is 16.6. The summed E-state index contributed by atoms with van der Waals surface area (Å²) < 4.78 is 5.29. The number of carbonyl (C=O) groups is 1. The van der Waals surface area contributed by atoms with Crippen LogP contribution in [-0.4, -0.2) is 16.0 Å². The summed E-state index contributed by atoms with van der Waals surface area (Å²) in [7, 11) is 0. The summed E-state index contributed by atoms with van der Waals surface area (Å²) >= 11 is 0. The first-order chi connectivity index (χ1) is 10.3. The lowest BCUT2D eigenvalue weighted by Crippen LogP contribution is -2.26. The fourth-order valence-electron chi connectivity index (χ4n) is 2.26. The summed E-state index contributed by atoms with van der Waals surface area (Å²) in [5.41, 5.74) is 3.05.